The molecule has 1 aromatic heterocycles. The first-order valence-corrected chi connectivity index (χ1v) is 12.2. The van der Waals surface area contributed by atoms with Crippen LogP contribution in [0.15, 0.2) is 49.1 Å². The van der Waals surface area contributed by atoms with Gasteiger partial charge in [-0.1, -0.05) is 18.2 Å². The van der Waals surface area contributed by atoms with Crippen LogP contribution in [0.4, 0.5) is 10.1 Å². The Kier molecular flexibility index (Phi) is 7.88. The number of amides is 1. The Morgan fingerprint density at radius 1 is 1.14 bits per heavy atom. The lowest BCUT2D eigenvalue weighted by Crippen LogP contribution is -2.49. The number of benzene rings is 2. The molecule has 0 spiro atoms. The number of methoxy groups -OCH3 is 1. The molecule has 3 aromatic rings. The van der Waals surface area contributed by atoms with Crippen LogP contribution in [0.3, 0.4) is 0 Å². The van der Waals surface area contributed by atoms with Crippen molar-refractivity contribution < 1.29 is 13.9 Å². The number of carbonyl (C=O) groups is 1. The van der Waals surface area contributed by atoms with E-state index < -0.39 is 0 Å². The molecule has 1 amide bonds. The number of aryl methyl sites for hydroxylation is 1. The fraction of sp³-hybridized carbons (Fsp3) is 0.393. The predicted molar refractivity (Wildman–Crippen MR) is 140 cm³/mol. The average molecular weight is 479 g/mol. The van der Waals surface area contributed by atoms with Crippen LogP contribution in [0.1, 0.15) is 27.2 Å². The van der Waals surface area contributed by atoms with Crippen LogP contribution in [0, 0.1) is 19.7 Å². The molecular weight excluding hydrogens is 443 g/mol. The van der Waals surface area contributed by atoms with Gasteiger partial charge < -0.3 is 19.5 Å². The maximum absolute atomic E-state index is 13.5. The SMILES string of the molecule is C=CCn1c(C)c(C)c2cc(C(=O)N3CCN(CCOC)CC3)cc(NCc3ccc(F)cc3)c21. The number of hydrogen-bond donors (Lipinski definition) is 1. The van der Waals surface area contributed by atoms with Crippen molar-refractivity contribution in [1.29, 1.82) is 0 Å². The molecule has 0 bridgehead atoms. The van der Waals surface area contributed by atoms with E-state index in [2.05, 4.69) is 35.2 Å². The van der Waals surface area contributed by atoms with Crippen LogP contribution in [0.25, 0.3) is 10.9 Å². The summed E-state index contributed by atoms with van der Waals surface area (Å²) in [7, 11) is 1.71. The lowest BCUT2D eigenvalue weighted by Gasteiger charge is -2.34. The number of nitrogens with one attached hydrogen (secondary N) is 1. The van der Waals surface area contributed by atoms with Crippen molar-refractivity contribution in [3.05, 3.63) is 77.3 Å². The van der Waals surface area contributed by atoms with E-state index in [9.17, 15) is 9.18 Å². The van der Waals surface area contributed by atoms with Gasteiger partial charge in [0.25, 0.3) is 5.91 Å². The zero-order valence-electron chi connectivity index (χ0n) is 20.9. The quantitative estimate of drug-likeness (QED) is 0.457. The molecule has 1 aliphatic heterocycles. The Balaban J connectivity index is 1.65. The number of halogens is 1. The van der Waals surface area contributed by atoms with E-state index in [1.54, 1.807) is 19.2 Å². The maximum Gasteiger partial charge on any atom is 0.254 e. The van der Waals surface area contributed by atoms with E-state index >= 15 is 0 Å². The van der Waals surface area contributed by atoms with Gasteiger partial charge in [-0.15, -0.1) is 6.58 Å². The van der Waals surface area contributed by atoms with Gasteiger partial charge >= 0.3 is 0 Å². The van der Waals surface area contributed by atoms with E-state index in [4.69, 9.17) is 4.74 Å². The zero-order valence-corrected chi connectivity index (χ0v) is 20.9. The van der Waals surface area contributed by atoms with Gasteiger partial charge in [-0.3, -0.25) is 9.69 Å². The zero-order chi connectivity index (χ0) is 24.9. The maximum atomic E-state index is 13.5. The summed E-state index contributed by atoms with van der Waals surface area (Å²) >= 11 is 0. The van der Waals surface area contributed by atoms with E-state index in [0.29, 0.717) is 38.3 Å². The molecule has 1 aliphatic rings. The van der Waals surface area contributed by atoms with Crippen LogP contribution in [0.5, 0.6) is 0 Å². The molecule has 1 saturated heterocycles. The summed E-state index contributed by atoms with van der Waals surface area (Å²) in [6.07, 6.45) is 1.89. The van der Waals surface area contributed by atoms with Crippen LogP contribution in [-0.4, -0.2) is 66.7 Å². The summed E-state index contributed by atoms with van der Waals surface area (Å²) in [4.78, 5) is 17.8. The molecule has 7 heteroatoms. The van der Waals surface area contributed by atoms with Crippen molar-refractivity contribution in [2.45, 2.75) is 26.9 Å². The molecule has 0 atom stereocenters. The van der Waals surface area contributed by atoms with Crippen molar-refractivity contribution >= 4 is 22.5 Å². The van der Waals surface area contributed by atoms with Crippen molar-refractivity contribution in [2.24, 2.45) is 0 Å². The molecule has 4 rings (SSSR count). The van der Waals surface area contributed by atoms with Gasteiger partial charge in [-0.25, -0.2) is 4.39 Å². The highest BCUT2D eigenvalue weighted by Gasteiger charge is 2.24. The van der Waals surface area contributed by atoms with Gasteiger partial charge in [-0.2, -0.15) is 0 Å². The summed E-state index contributed by atoms with van der Waals surface area (Å²) < 4.78 is 20.8. The van der Waals surface area contributed by atoms with Crippen molar-refractivity contribution in [2.75, 3.05) is 51.8 Å². The lowest BCUT2D eigenvalue weighted by molar-refractivity contribution is 0.0594. The smallest absolute Gasteiger partial charge is 0.254 e. The number of anilines is 1. The van der Waals surface area contributed by atoms with Gasteiger partial charge in [0.1, 0.15) is 5.82 Å². The highest BCUT2D eigenvalue weighted by Crippen LogP contribution is 2.33. The number of aromatic nitrogens is 1. The number of hydrogen-bond acceptors (Lipinski definition) is 4. The third-order valence-corrected chi connectivity index (χ3v) is 6.96. The van der Waals surface area contributed by atoms with Crippen molar-refractivity contribution in [1.82, 2.24) is 14.4 Å². The molecule has 0 aliphatic carbocycles. The molecule has 2 heterocycles. The monoisotopic (exact) mass is 478 g/mol. The summed E-state index contributed by atoms with van der Waals surface area (Å²) in [5, 5.41) is 4.59. The Morgan fingerprint density at radius 2 is 1.86 bits per heavy atom. The standard InChI is InChI=1S/C28H35FN4O2/c1-5-10-33-21(3)20(2)25-17-23(28(34)32-13-11-31(12-14-32)15-16-35-4)18-26(27(25)33)30-19-22-6-8-24(29)9-7-22/h5-9,17-18,30H,1,10-16,19H2,2-4H3. The first kappa shape index (κ1) is 24.9. The van der Waals surface area contributed by atoms with E-state index in [-0.39, 0.29) is 11.7 Å². The van der Waals surface area contributed by atoms with E-state index in [1.807, 2.05) is 23.1 Å². The minimum atomic E-state index is -0.253. The van der Waals surface area contributed by atoms with Crippen LogP contribution in [-0.2, 0) is 17.8 Å². The molecule has 2 aromatic carbocycles. The van der Waals surface area contributed by atoms with E-state index in [1.165, 1.54) is 12.1 Å². The number of nitrogens with zero attached hydrogens (tertiary/aromatic N) is 3. The lowest BCUT2D eigenvalue weighted by atomic mass is 10.1. The number of ether oxygens (including phenoxy) is 1. The van der Waals surface area contributed by atoms with E-state index in [0.717, 1.165) is 53.0 Å². The first-order valence-electron chi connectivity index (χ1n) is 12.2. The van der Waals surface area contributed by atoms with Crippen molar-refractivity contribution in [3.8, 4) is 0 Å². The number of piperazine rings is 1. The number of allylic oxidation sites excluding steroid dienone is 1. The molecule has 1 N–H and O–H groups in total. The third kappa shape index (κ3) is 5.41. The second-order valence-electron chi connectivity index (χ2n) is 9.14. The summed E-state index contributed by atoms with van der Waals surface area (Å²) in [6, 6.07) is 10.5. The molecule has 0 radical (unpaired) electrons. The Bertz CT molecular complexity index is 1190. The second-order valence-corrected chi connectivity index (χ2v) is 9.14. The highest BCUT2D eigenvalue weighted by molar-refractivity contribution is 6.04. The molecule has 1 fully saturated rings. The molecule has 6 nitrogen and oxygen atoms in total. The third-order valence-electron chi connectivity index (χ3n) is 6.96. The molecule has 35 heavy (non-hydrogen) atoms. The molecule has 0 unspecified atom stereocenters. The van der Waals surface area contributed by atoms with Crippen LogP contribution in [0.2, 0.25) is 0 Å². The molecular formula is C28H35FN4O2. The minimum absolute atomic E-state index is 0.0525. The second kappa shape index (κ2) is 11.1. The predicted octanol–water partition coefficient (Wildman–Crippen LogP) is 4.60. The minimum Gasteiger partial charge on any atom is -0.383 e. The topological polar surface area (TPSA) is 49.7 Å². The van der Waals surface area contributed by atoms with Crippen LogP contribution < -0.4 is 5.32 Å². The molecule has 0 saturated carbocycles. The largest absolute Gasteiger partial charge is 0.383 e. The van der Waals surface area contributed by atoms with Gasteiger partial charge in [0.2, 0.25) is 0 Å². The Labute approximate surface area is 207 Å². The van der Waals surface area contributed by atoms with Gasteiger partial charge in [-0.05, 0) is 49.2 Å². The number of rotatable bonds is 9. The fourth-order valence-electron chi connectivity index (χ4n) is 4.77. The Morgan fingerprint density at radius 3 is 2.51 bits per heavy atom. The first-order chi connectivity index (χ1) is 16.9. The number of carbonyl (C=O) groups excluding carboxylic acids is 1. The fourth-order valence-corrected chi connectivity index (χ4v) is 4.77. The van der Waals surface area contributed by atoms with Gasteiger partial charge in [0.15, 0.2) is 0 Å². The van der Waals surface area contributed by atoms with Gasteiger partial charge in [0, 0.05) is 69.6 Å². The molecule has 186 valence electrons. The summed E-state index contributed by atoms with van der Waals surface area (Å²) in [6.45, 7) is 14.0. The van der Waals surface area contributed by atoms with Gasteiger partial charge in [0.05, 0.1) is 17.8 Å². The van der Waals surface area contributed by atoms with Crippen molar-refractivity contribution in [3.63, 3.8) is 0 Å². The summed E-state index contributed by atoms with van der Waals surface area (Å²) in [5.74, 6) is -0.200. The highest BCUT2D eigenvalue weighted by atomic mass is 19.1. The normalized spacial score (nSPS) is 14.5. The van der Waals surface area contributed by atoms with Crippen LogP contribution >= 0.6 is 0 Å². The number of fused-ring (bicyclic) bond motifs is 1. The Hall–Kier alpha value is -3.16. The summed E-state index contributed by atoms with van der Waals surface area (Å²) in [5.41, 5.74) is 5.92. The average Bonchev–Trinajstić information content (AvgIpc) is 3.12.